The lowest BCUT2D eigenvalue weighted by Gasteiger charge is -2.37. The highest BCUT2D eigenvalue weighted by atomic mass is 16.5. The van der Waals surface area contributed by atoms with E-state index in [1.165, 1.54) is 4.90 Å². The molecule has 6 rings (SSSR count). The molecule has 0 unspecified atom stereocenters. The molecule has 6 heteroatoms. The number of Topliss-reactive ketones (excluding diaryl/α,β-unsaturated/α-hetero) is 1. The Hall–Kier alpha value is -2.76. The second-order valence-electron chi connectivity index (χ2n) is 8.18. The maximum atomic E-state index is 12.8. The van der Waals surface area contributed by atoms with Crippen LogP contribution in [0.2, 0.25) is 0 Å². The van der Waals surface area contributed by atoms with Crippen molar-refractivity contribution in [1.82, 2.24) is 4.90 Å². The molecule has 0 N–H and O–H groups in total. The number of esters is 1. The Labute approximate surface area is 162 Å². The average Bonchev–Trinajstić information content (AvgIpc) is 3.50. The first-order valence-electron chi connectivity index (χ1n) is 9.83. The Morgan fingerprint density at radius 3 is 2.18 bits per heavy atom. The molecule has 1 saturated heterocycles. The number of carbonyl (C=O) groups excluding carboxylic acids is 4. The summed E-state index contributed by atoms with van der Waals surface area (Å²) in [5.74, 6) is -0.180. The van der Waals surface area contributed by atoms with Crippen LogP contribution >= 0.6 is 0 Å². The van der Waals surface area contributed by atoms with Crippen LogP contribution in [-0.4, -0.2) is 41.6 Å². The van der Waals surface area contributed by atoms with Crippen molar-refractivity contribution in [3.05, 3.63) is 48.0 Å². The van der Waals surface area contributed by atoms with Crippen LogP contribution < -0.4 is 0 Å². The van der Waals surface area contributed by atoms with Gasteiger partial charge in [-0.1, -0.05) is 42.5 Å². The van der Waals surface area contributed by atoms with Crippen molar-refractivity contribution in [2.45, 2.75) is 12.8 Å². The van der Waals surface area contributed by atoms with Crippen LogP contribution in [-0.2, 0) is 19.1 Å². The molecule has 6 nitrogen and oxygen atoms in total. The van der Waals surface area contributed by atoms with Crippen molar-refractivity contribution in [2.24, 2.45) is 35.5 Å². The minimum absolute atomic E-state index is 0.0256. The summed E-state index contributed by atoms with van der Waals surface area (Å²) in [4.78, 5) is 50.9. The van der Waals surface area contributed by atoms with E-state index in [9.17, 15) is 19.2 Å². The third-order valence-corrected chi connectivity index (χ3v) is 6.75. The number of hydrogen-bond acceptors (Lipinski definition) is 5. The zero-order chi connectivity index (χ0) is 19.4. The van der Waals surface area contributed by atoms with Gasteiger partial charge in [0, 0.05) is 12.1 Å². The standard InChI is InChI=1S/C22H21NO5/c24-17(12-4-2-1-3-5-12)11-28-18(25)8-9-23-21(26)19-13-6-7-14(16-10-15(13)16)20(19)22(23)27/h1-7,13-16,19-20H,8-11H2/t13-,14-,15-,16-,19+,20+/m0/s1. The summed E-state index contributed by atoms with van der Waals surface area (Å²) in [5.41, 5.74) is 0.478. The van der Waals surface area contributed by atoms with Gasteiger partial charge in [0.25, 0.3) is 0 Å². The number of ketones is 1. The number of imide groups is 1. The van der Waals surface area contributed by atoms with E-state index >= 15 is 0 Å². The van der Waals surface area contributed by atoms with Gasteiger partial charge in [-0.15, -0.1) is 0 Å². The van der Waals surface area contributed by atoms with Crippen LogP contribution in [0, 0.1) is 35.5 Å². The molecule has 6 atom stereocenters. The van der Waals surface area contributed by atoms with Crippen LogP contribution in [0.1, 0.15) is 23.2 Å². The molecular weight excluding hydrogens is 358 g/mol. The first-order chi connectivity index (χ1) is 13.6. The smallest absolute Gasteiger partial charge is 0.308 e. The van der Waals surface area contributed by atoms with Crippen LogP contribution in [0.25, 0.3) is 0 Å². The molecule has 0 radical (unpaired) electrons. The fourth-order valence-electron chi connectivity index (χ4n) is 5.37. The average molecular weight is 379 g/mol. The normalized spacial score (nSPS) is 34.2. The van der Waals surface area contributed by atoms with E-state index in [2.05, 4.69) is 12.2 Å². The fraction of sp³-hybridized carbons (Fsp3) is 0.455. The number of amides is 2. The lowest BCUT2D eigenvalue weighted by molar-refractivity contribution is -0.145. The van der Waals surface area contributed by atoms with Gasteiger partial charge in [-0.3, -0.25) is 24.1 Å². The van der Waals surface area contributed by atoms with Gasteiger partial charge in [-0.05, 0) is 30.1 Å². The van der Waals surface area contributed by atoms with Gasteiger partial charge in [0.15, 0.2) is 12.4 Å². The van der Waals surface area contributed by atoms with E-state index in [4.69, 9.17) is 4.74 Å². The van der Waals surface area contributed by atoms with E-state index in [0.29, 0.717) is 17.4 Å². The van der Waals surface area contributed by atoms with Crippen molar-refractivity contribution in [3.8, 4) is 0 Å². The Morgan fingerprint density at radius 1 is 0.964 bits per heavy atom. The van der Waals surface area contributed by atoms with Gasteiger partial charge in [0.2, 0.25) is 11.8 Å². The molecule has 5 aliphatic rings. The summed E-state index contributed by atoms with van der Waals surface area (Å²) in [6.07, 6.45) is 5.28. The van der Waals surface area contributed by atoms with Crippen molar-refractivity contribution in [3.63, 3.8) is 0 Å². The summed E-state index contributed by atoms with van der Waals surface area (Å²) in [6, 6.07) is 8.60. The molecule has 144 valence electrons. The highest BCUT2D eigenvalue weighted by Crippen LogP contribution is 2.65. The van der Waals surface area contributed by atoms with E-state index in [-0.39, 0.29) is 60.8 Å². The number of rotatable bonds is 6. The number of ether oxygens (including phenoxy) is 1. The van der Waals surface area contributed by atoms with Gasteiger partial charge in [-0.25, -0.2) is 0 Å². The van der Waals surface area contributed by atoms with Crippen LogP contribution in [0.3, 0.4) is 0 Å². The monoisotopic (exact) mass is 379 g/mol. The third kappa shape index (κ3) is 2.62. The minimum atomic E-state index is -0.580. The number of carbonyl (C=O) groups is 4. The molecule has 1 aliphatic heterocycles. The molecule has 2 amide bonds. The topological polar surface area (TPSA) is 80.8 Å². The van der Waals surface area contributed by atoms with Crippen molar-refractivity contribution in [2.75, 3.05) is 13.2 Å². The molecule has 1 aromatic rings. The maximum Gasteiger partial charge on any atom is 0.308 e. The largest absolute Gasteiger partial charge is 0.457 e. The van der Waals surface area contributed by atoms with Crippen LogP contribution in [0.4, 0.5) is 0 Å². The zero-order valence-corrected chi connectivity index (χ0v) is 15.3. The van der Waals surface area contributed by atoms with Crippen LogP contribution in [0.15, 0.2) is 42.5 Å². The summed E-state index contributed by atoms with van der Waals surface area (Å²) in [5, 5.41) is 0. The quantitative estimate of drug-likeness (QED) is 0.326. The Morgan fingerprint density at radius 2 is 1.57 bits per heavy atom. The molecule has 1 heterocycles. The lowest BCUT2D eigenvalue weighted by Crippen LogP contribution is -2.40. The van der Waals surface area contributed by atoms with Crippen molar-refractivity contribution < 1.29 is 23.9 Å². The first kappa shape index (κ1) is 17.3. The molecule has 2 saturated carbocycles. The molecular formula is C22H21NO5. The summed E-state index contributed by atoms with van der Waals surface area (Å²) < 4.78 is 5.04. The lowest BCUT2D eigenvalue weighted by atomic mass is 9.63. The highest BCUT2D eigenvalue weighted by Gasteiger charge is 2.66. The second-order valence-corrected chi connectivity index (χ2v) is 8.18. The van der Waals surface area contributed by atoms with Gasteiger partial charge in [0.05, 0.1) is 18.3 Å². The van der Waals surface area contributed by atoms with Gasteiger partial charge in [0.1, 0.15) is 0 Å². The zero-order valence-electron chi connectivity index (χ0n) is 15.3. The van der Waals surface area contributed by atoms with E-state index in [1.807, 2.05) is 0 Å². The van der Waals surface area contributed by atoms with E-state index in [0.717, 1.165) is 6.42 Å². The fourth-order valence-corrected chi connectivity index (χ4v) is 5.37. The third-order valence-electron chi connectivity index (χ3n) is 6.75. The second kappa shape index (κ2) is 6.40. The molecule has 3 fully saturated rings. The molecule has 28 heavy (non-hydrogen) atoms. The van der Waals surface area contributed by atoms with Gasteiger partial charge < -0.3 is 4.74 Å². The van der Waals surface area contributed by atoms with Gasteiger partial charge >= 0.3 is 5.97 Å². The number of hydrogen-bond donors (Lipinski definition) is 0. The Balaban J connectivity index is 1.16. The summed E-state index contributed by atoms with van der Waals surface area (Å²) in [6.45, 7) is -0.314. The van der Waals surface area contributed by atoms with E-state index < -0.39 is 5.97 Å². The van der Waals surface area contributed by atoms with Gasteiger partial charge in [-0.2, -0.15) is 0 Å². The summed E-state index contributed by atoms with van der Waals surface area (Å²) in [7, 11) is 0. The number of likely N-dealkylation sites (tertiary alicyclic amines) is 1. The number of nitrogens with zero attached hydrogens (tertiary/aromatic N) is 1. The molecule has 4 aliphatic carbocycles. The Kier molecular flexibility index (Phi) is 3.96. The number of benzene rings is 1. The maximum absolute atomic E-state index is 12.8. The van der Waals surface area contributed by atoms with Crippen molar-refractivity contribution >= 4 is 23.6 Å². The molecule has 0 spiro atoms. The van der Waals surface area contributed by atoms with Crippen LogP contribution in [0.5, 0.6) is 0 Å². The number of allylic oxidation sites excluding steroid dienone is 2. The Bertz CT molecular complexity index is 855. The molecule has 1 aromatic carbocycles. The predicted octanol–water partition coefficient (Wildman–Crippen LogP) is 1.86. The van der Waals surface area contributed by atoms with Crippen molar-refractivity contribution in [1.29, 1.82) is 0 Å². The predicted molar refractivity (Wildman–Crippen MR) is 97.8 cm³/mol. The molecule has 2 bridgehead atoms. The van der Waals surface area contributed by atoms with E-state index in [1.54, 1.807) is 30.3 Å². The minimum Gasteiger partial charge on any atom is -0.457 e. The highest BCUT2D eigenvalue weighted by molar-refractivity contribution is 6.06. The molecule has 0 aromatic heterocycles. The first-order valence-corrected chi connectivity index (χ1v) is 9.83. The SMILES string of the molecule is O=C(CCN1C(=O)[C@@H]2[C@H]3C=C[C@@H]([C@@H]4C[C@@H]34)[C@H]2C1=O)OCC(=O)c1ccccc1. The summed E-state index contributed by atoms with van der Waals surface area (Å²) >= 11 is 0.